The van der Waals surface area contributed by atoms with Gasteiger partial charge in [0.2, 0.25) is 5.91 Å². The van der Waals surface area contributed by atoms with Gasteiger partial charge in [0.25, 0.3) is 0 Å². The van der Waals surface area contributed by atoms with Crippen molar-refractivity contribution < 1.29 is 9.00 Å². The van der Waals surface area contributed by atoms with E-state index >= 15 is 0 Å². The topological polar surface area (TPSA) is 46.2 Å². The molecule has 0 fully saturated rings. The van der Waals surface area contributed by atoms with E-state index in [2.05, 4.69) is 5.32 Å². The quantitative estimate of drug-likeness (QED) is 0.784. The van der Waals surface area contributed by atoms with Crippen LogP contribution in [0.2, 0.25) is 10.0 Å². The number of rotatable bonds is 7. The number of benzene rings is 1. The lowest BCUT2D eigenvalue weighted by atomic mass is 10.2. The van der Waals surface area contributed by atoms with Crippen molar-refractivity contribution in [1.29, 1.82) is 0 Å². The second kappa shape index (κ2) is 8.56. The maximum Gasteiger partial charge on any atom is 0.232 e. The summed E-state index contributed by atoms with van der Waals surface area (Å²) in [4.78, 5) is 11.5. The zero-order valence-corrected chi connectivity index (χ0v) is 13.1. The predicted molar refractivity (Wildman–Crippen MR) is 81.1 cm³/mol. The lowest BCUT2D eigenvalue weighted by Gasteiger charge is -2.07. The highest BCUT2D eigenvalue weighted by Crippen LogP contribution is 2.25. The summed E-state index contributed by atoms with van der Waals surface area (Å²) in [5.74, 6) is -0.0275. The molecule has 106 valence electrons. The van der Waals surface area contributed by atoms with Crippen LogP contribution in [0.3, 0.4) is 0 Å². The molecular weight excluding hydrogens is 305 g/mol. The van der Waals surface area contributed by atoms with Crippen molar-refractivity contribution in [3.8, 4) is 0 Å². The first kappa shape index (κ1) is 16.5. The molecule has 0 heterocycles. The summed E-state index contributed by atoms with van der Waals surface area (Å²) in [6.45, 7) is 2.67. The normalized spacial score (nSPS) is 12.2. The van der Waals surface area contributed by atoms with E-state index in [4.69, 9.17) is 23.2 Å². The van der Waals surface area contributed by atoms with Crippen LogP contribution < -0.4 is 5.32 Å². The summed E-state index contributed by atoms with van der Waals surface area (Å²) in [5.41, 5.74) is 0.630. The minimum absolute atomic E-state index is 0.0226. The molecule has 3 nitrogen and oxygen atoms in total. The number of carbonyl (C=O) groups is 1. The summed E-state index contributed by atoms with van der Waals surface area (Å²) in [6.07, 6.45) is 1.94. The molecule has 0 bridgehead atoms. The van der Waals surface area contributed by atoms with Gasteiger partial charge in [-0.15, -0.1) is 0 Å². The molecule has 1 aromatic carbocycles. The summed E-state index contributed by atoms with van der Waals surface area (Å²) in [7, 11) is -1.31. The molecule has 1 atom stereocenters. The first-order chi connectivity index (χ1) is 9.04. The molecule has 0 saturated heterocycles. The van der Waals surface area contributed by atoms with Crippen LogP contribution in [-0.4, -0.2) is 22.4 Å². The molecule has 0 aliphatic rings. The molecule has 0 aliphatic carbocycles. The van der Waals surface area contributed by atoms with Crippen LogP contribution in [0.5, 0.6) is 0 Å². The van der Waals surface area contributed by atoms with E-state index in [0.717, 1.165) is 12.8 Å². The molecule has 19 heavy (non-hydrogen) atoms. The maximum absolute atomic E-state index is 11.9. The highest BCUT2D eigenvalue weighted by molar-refractivity contribution is 7.84. The van der Waals surface area contributed by atoms with E-state index in [0.29, 0.717) is 22.2 Å². The molecule has 1 aromatic rings. The number of amides is 1. The Morgan fingerprint density at radius 3 is 2.53 bits per heavy atom. The minimum atomic E-state index is -1.31. The molecule has 1 N–H and O–H groups in total. The third kappa shape index (κ3) is 5.93. The van der Waals surface area contributed by atoms with Crippen LogP contribution in [0.15, 0.2) is 18.2 Å². The zero-order valence-electron chi connectivity index (χ0n) is 10.7. The standard InChI is InChI=1S/C13H17Cl2NO2S/c1-2-3-7-16-13(17)9-19(18)8-10-11(14)5-4-6-12(10)15/h4-6H,2-3,7-9H2,1H3,(H,16,17)/t19-/m0/s1. The van der Waals surface area contributed by atoms with Gasteiger partial charge in [0.1, 0.15) is 5.75 Å². The zero-order chi connectivity index (χ0) is 14.3. The first-order valence-corrected chi connectivity index (χ1v) is 8.33. The number of hydrogen-bond donors (Lipinski definition) is 1. The third-order valence-corrected chi connectivity index (χ3v) is 4.41. The van der Waals surface area contributed by atoms with Gasteiger partial charge in [0.05, 0.1) is 5.75 Å². The van der Waals surface area contributed by atoms with Gasteiger partial charge in [0.15, 0.2) is 0 Å². The molecule has 1 amide bonds. The Labute approximate surface area is 126 Å². The lowest BCUT2D eigenvalue weighted by molar-refractivity contribution is -0.118. The van der Waals surface area contributed by atoms with E-state index in [1.54, 1.807) is 18.2 Å². The van der Waals surface area contributed by atoms with E-state index in [-0.39, 0.29) is 17.4 Å². The van der Waals surface area contributed by atoms with Crippen molar-refractivity contribution in [1.82, 2.24) is 5.32 Å². The Kier molecular flexibility index (Phi) is 7.42. The Morgan fingerprint density at radius 1 is 1.32 bits per heavy atom. The number of unbranched alkanes of at least 4 members (excludes halogenated alkanes) is 1. The average Bonchev–Trinajstić information content (AvgIpc) is 2.34. The predicted octanol–water partition coefficient (Wildman–Crippen LogP) is 3.16. The monoisotopic (exact) mass is 321 g/mol. The summed E-state index contributed by atoms with van der Waals surface area (Å²) >= 11 is 12.0. The third-order valence-electron chi connectivity index (χ3n) is 2.51. The number of halogens is 2. The molecule has 0 aromatic heterocycles. The van der Waals surface area contributed by atoms with E-state index in [1.807, 2.05) is 6.92 Å². The minimum Gasteiger partial charge on any atom is -0.355 e. The summed E-state index contributed by atoms with van der Waals surface area (Å²) in [5, 5.41) is 3.69. The van der Waals surface area contributed by atoms with Gasteiger partial charge in [-0.05, 0) is 18.6 Å². The van der Waals surface area contributed by atoms with Crippen molar-refractivity contribution in [2.45, 2.75) is 25.5 Å². The van der Waals surface area contributed by atoms with Gasteiger partial charge in [-0.2, -0.15) is 0 Å². The molecule has 1 rings (SSSR count). The van der Waals surface area contributed by atoms with E-state index in [1.165, 1.54) is 0 Å². The van der Waals surface area contributed by atoms with E-state index in [9.17, 15) is 9.00 Å². The van der Waals surface area contributed by atoms with Crippen molar-refractivity contribution in [2.24, 2.45) is 0 Å². The molecule has 0 saturated carbocycles. The Bertz CT molecular complexity index is 446. The fourth-order valence-corrected chi connectivity index (χ4v) is 3.30. The highest BCUT2D eigenvalue weighted by Gasteiger charge is 2.12. The van der Waals surface area contributed by atoms with Crippen molar-refractivity contribution >= 4 is 39.9 Å². The smallest absolute Gasteiger partial charge is 0.232 e. The molecule has 0 aliphatic heterocycles. The Morgan fingerprint density at radius 2 is 1.95 bits per heavy atom. The van der Waals surface area contributed by atoms with Crippen LogP contribution in [0, 0.1) is 0 Å². The Hall–Kier alpha value is -0.580. The largest absolute Gasteiger partial charge is 0.355 e. The van der Waals surface area contributed by atoms with Crippen LogP contribution >= 0.6 is 23.2 Å². The molecule has 0 spiro atoms. The molecular formula is C13H17Cl2NO2S. The molecule has 6 heteroatoms. The average molecular weight is 322 g/mol. The van der Waals surface area contributed by atoms with Crippen LogP contribution in [0.4, 0.5) is 0 Å². The van der Waals surface area contributed by atoms with Gasteiger partial charge >= 0.3 is 0 Å². The van der Waals surface area contributed by atoms with E-state index < -0.39 is 10.8 Å². The Balaban J connectivity index is 2.49. The van der Waals surface area contributed by atoms with Crippen LogP contribution in [0.1, 0.15) is 25.3 Å². The van der Waals surface area contributed by atoms with Gasteiger partial charge in [0, 0.05) is 33.0 Å². The van der Waals surface area contributed by atoms with Crippen LogP contribution in [0.25, 0.3) is 0 Å². The number of hydrogen-bond acceptors (Lipinski definition) is 2. The second-order valence-electron chi connectivity index (χ2n) is 4.13. The van der Waals surface area contributed by atoms with Gasteiger partial charge in [-0.25, -0.2) is 0 Å². The second-order valence-corrected chi connectivity index (χ2v) is 6.40. The number of carbonyl (C=O) groups excluding carboxylic acids is 1. The maximum atomic E-state index is 11.9. The highest BCUT2D eigenvalue weighted by atomic mass is 35.5. The van der Waals surface area contributed by atoms with Crippen molar-refractivity contribution in [2.75, 3.05) is 12.3 Å². The van der Waals surface area contributed by atoms with Crippen LogP contribution in [-0.2, 0) is 21.3 Å². The van der Waals surface area contributed by atoms with Gasteiger partial charge in [-0.1, -0.05) is 42.6 Å². The molecule has 0 unspecified atom stereocenters. The summed E-state index contributed by atoms with van der Waals surface area (Å²) in [6, 6.07) is 5.12. The first-order valence-electron chi connectivity index (χ1n) is 6.09. The van der Waals surface area contributed by atoms with Crippen molar-refractivity contribution in [3.63, 3.8) is 0 Å². The van der Waals surface area contributed by atoms with Gasteiger partial charge in [-0.3, -0.25) is 9.00 Å². The fourth-order valence-electron chi connectivity index (χ4n) is 1.48. The van der Waals surface area contributed by atoms with Crippen molar-refractivity contribution in [3.05, 3.63) is 33.8 Å². The number of nitrogens with one attached hydrogen (secondary N) is 1. The SMILES string of the molecule is CCCCNC(=O)C[S@@](=O)Cc1c(Cl)cccc1Cl. The summed E-state index contributed by atoms with van der Waals surface area (Å²) < 4.78 is 11.9. The molecule has 0 radical (unpaired) electrons. The fraction of sp³-hybridized carbons (Fsp3) is 0.462. The van der Waals surface area contributed by atoms with Gasteiger partial charge < -0.3 is 5.32 Å². The lowest BCUT2D eigenvalue weighted by Crippen LogP contribution is -2.29.